The van der Waals surface area contributed by atoms with Gasteiger partial charge in [0.25, 0.3) is 0 Å². The van der Waals surface area contributed by atoms with Crippen molar-refractivity contribution in [3.63, 3.8) is 0 Å². The average Bonchev–Trinajstić information content (AvgIpc) is 3.07. The highest BCUT2D eigenvalue weighted by Gasteiger charge is 2.17. The zero-order valence-electron chi connectivity index (χ0n) is 10.2. The Morgan fingerprint density at radius 3 is 2.90 bits per heavy atom. The summed E-state index contributed by atoms with van der Waals surface area (Å²) in [7, 11) is 0. The molecule has 20 heavy (non-hydrogen) atoms. The largest absolute Gasteiger partial charge is 0.301 e. The molecule has 1 aliphatic rings. The minimum absolute atomic E-state index is 0. The maximum absolute atomic E-state index is 12.3. The van der Waals surface area contributed by atoms with E-state index in [-0.39, 0.29) is 18.0 Å². The van der Waals surface area contributed by atoms with Crippen LogP contribution in [0.15, 0.2) is 34.1 Å². The van der Waals surface area contributed by atoms with Gasteiger partial charge in [-0.15, -0.1) is 22.6 Å². The molecule has 3 heterocycles. The number of hydrogen-bond acceptors (Lipinski definition) is 5. The Balaban J connectivity index is 0.00000121. The number of rotatable bonds is 0. The van der Waals surface area contributed by atoms with Gasteiger partial charge in [-0.2, -0.15) is 4.68 Å². The van der Waals surface area contributed by atoms with Crippen LogP contribution in [-0.4, -0.2) is 37.4 Å². The number of aromatic amines is 1. The predicted molar refractivity (Wildman–Crippen MR) is 83.1 cm³/mol. The van der Waals surface area contributed by atoms with Crippen LogP contribution in [0.2, 0.25) is 0 Å². The average molecular weight is 308 g/mol. The number of nitrogens with one attached hydrogen (secondary N) is 1. The van der Waals surface area contributed by atoms with Crippen molar-refractivity contribution in [3.8, 4) is 0 Å². The van der Waals surface area contributed by atoms with Crippen molar-refractivity contribution >= 4 is 51.3 Å². The van der Waals surface area contributed by atoms with Gasteiger partial charge < -0.3 is 0 Å². The van der Waals surface area contributed by atoms with Crippen LogP contribution in [0.3, 0.4) is 0 Å². The highest BCUT2D eigenvalue weighted by Crippen LogP contribution is 2.19. The molecule has 3 aromatic rings. The molecule has 102 valence electrons. The fraction of sp³-hybridized carbons (Fsp3) is 0.167. The zero-order valence-corrected chi connectivity index (χ0v) is 11.9. The second kappa shape index (κ2) is 4.92. The lowest BCUT2D eigenvalue weighted by Gasteiger charge is -1.97. The molecule has 1 aromatic carbocycles. The summed E-state index contributed by atoms with van der Waals surface area (Å²) in [6.45, 7) is 0.744. The van der Waals surface area contributed by atoms with Crippen molar-refractivity contribution in [2.75, 3.05) is 12.3 Å². The number of thioether (sulfide) groups is 1. The second-order valence-corrected chi connectivity index (χ2v) is 5.27. The molecule has 1 aliphatic heterocycles. The standard InChI is InChI=1S/C12H9N5OS.ClH/c18-11-10-9(16-17(11)12-13-5-6-19-12)7-3-1-2-4-8(7)14-15-10;/h1-4,16H,5-6H2;1H. The van der Waals surface area contributed by atoms with E-state index in [0.717, 1.165) is 23.2 Å². The van der Waals surface area contributed by atoms with Crippen LogP contribution < -0.4 is 5.56 Å². The van der Waals surface area contributed by atoms with E-state index < -0.39 is 0 Å². The molecule has 0 unspecified atom stereocenters. The molecule has 0 aliphatic carbocycles. The second-order valence-electron chi connectivity index (χ2n) is 4.21. The molecule has 0 saturated heterocycles. The Hall–Kier alpha value is -1.86. The number of aromatic nitrogens is 4. The van der Waals surface area contributed by atoms with E-state index in [9.17, 15) is 4.79 Å². The van der Waals surface area contributed by atoms with Crippen LogP contribution >= 0.6 is 24.2 Å². The molecule has 2 aromatic heterocycles. The molecule has 0 bridgehead atoms. The SMILES string of the molecule is Cl.O=c1c2nnc3ccccc3c2[nH]n1C1=NCCS1. The maximum Gasteiger partial charge on any atom is 0.301 e. The van der Waals surface area contributed by atoms with Crippen LogP contribution in [0, 0.1) is 0 Å². The number of nitrogens with zero attached hydrogens (tertiary/aromatic N) is 4. The summed E-state index contributed by atoms with van der Waals surface area (Å²) in [5.74, 6) is 0.906. The third-order valence-electron chi connectivity index (χ3n) is 3.06. The van der Waals surface area contributed by atoms with Gasteiger partial charge in [0.05, 0.1) is 17.6 Å². The fourth-order valence-electron chi connectivity index (χ4n) is 2.18. The summed E-state index contributed by atoms with van der Waals surface area (Å²) in [5.41, 5.74) is 1.64. The van der Waals surface area contributed by atoms with Gasteiger partial charge in [-0.05, 0) is 6.07 Å². The highest BCUT2D eigenvalue weighted by atomic mass is 35.5. The third kappa shape index (κ3) is 1.82. The normalized spacial score (nSPS) is 14.5. The Kier molecular flexibility index (Phi) is 3.23. The molecule has 0 atom stereocenters. The van der Waals surface area contributed by atoms with Gasteiger partial charge in [-0.3, -0.25) is 14.9 Å². The van der Waals surface area contributed by atoms with Gasteiger partial charge in [0, 0.05) is 11.1 Å². The fourth-order valence-corrected chi connectivity index (χ4v) is 2.98. The maximum atomic E-state index is 12.3. The summed E-state index contributed by atoms with van der Waals surface area (Å²) < 4.78 is 1.46. The molecule has 4 rings (SSSR count). The number of halogens is 1. The summed E-state index contributed by atoms with van der Waals surface area (Å²) >= 11 is 1.56. The van der Waals surface area contributed by atoms with Gasteiger partial charge >= 0.3 is 5.56 Å². The van der Waals surface area contributed by atoms with Gasteiger partial charge in [0.15, 0.2) is 10.7 Å². The predicted octanol–water partition coefficient (Wildman–Crippen LogP) is 1.65. The molecule has 0 amide bonds. The van der Waals surface area contributed by atoms with Crippen LogP contribution in [-0.2, 0) is 0 Å². The quantitative estimate of drug-likeness (QED) is 0.685. The van der Waals surface area contributed by atoms with E-state index in [1.165, 1.54) is 4.68 Å². The molecular weight excluding hydrogens is 298 g/mol. The molecular formula is C12H10ClN5OS. The molecule has 6 nitrogen and oxygen atoms in total. The van der Waals surface area contributed by atoms with Crippen LogP contribution in [0.4, 0.5) is 0 Å². The monoisotopic (exact) mass is 307 g/mol. The Morgan fingerprint density at radius 1 is 1.25 bits per heavy atom. The van der Waals surface area contributed by atoms with Gasteiger partial charge in [0.1, 0.15) is 0 Å². The van der Waals surface area contributed by atoms with Crippen molar-refractivity contribution in [3.05, 3.63) is 34.6 Å². The van der Waals surface area contributed by atoms with Crippen molar-refractivity contribution in [1.82, 2.24) is 20.0 Å². The Bertz CT molecular complexity index is 884. The first kappa shape index (κ1) is 13.1. The van der Waals surface area contributed by atoms with Gasteiger partial charge in [-0.25, -0.2) is 0 Å². The van der Waals surface area contributed by atoms with E-state index in [1.807, 2.05) is 24.3 Å². The van der Waals surface area contributed by atoms with Crippen LogP contribution in [0.5, 0.6) is 0 Å². The number of H-pyrrole nitrogens is 1. The minimum Gasteiger partial charge on any atom is -0.286 e. The molecule has 0 fully saturated rings. The molecule has 0 radical (unpaired) electrons. The first-order chi connectivity index (χ1) is 9.34. The summed E-state index contributed by atoms with van der Waals surface area (Å²) in [6.07, 6.45) is 0. The first-order valence-corrected chi connectivity index (χ1v) is 6.87. The minimum atomic E-state index is -0.193. The van der Waals surface area contributed by atoms with Gasteiger partial charge in [0.2, 0.25) is 0 Å². The van der Waals surface area contributed by atoms with Crippen LogP contribution in [0.1, 0.15) is 0 Å². The Labute approximate surface area is 123 Å². The van der Waals surface area contributed by atoms with Crippen LogP contribution in [0.25, 0.3) is 21.9 Å². The van der Waals surface area contributed by atoms with Gasteiger partial charge in [-0.1, -0.05) is 30.0 Å². The van der Waals surface area contributed by atoms with Crippen molar-refractivity contribution < 1.29 is 0 Å². The lowest BCUT2D eigenvalue weighted by atomic mass is 10.2. The summed E-state index contributed by atoms with van der Waals surface area (Å²) in [5, 5.41) is 12.8. The lowest BCUT2D eigenvalue weighted by Crippen LogP contribution is -2.22. The van der Waals surface area contributed by atoms with Crippen molar-refractivity contribution in [2.45, 2.75) is 0 Å². The number of hydrogen-bond donors (Lipinski definition) is 1. The van der Waals surface area contributed by atoms with E-state index in [4.69, 9.17) is 0 Å². The molecule has 0 spiro atoms. The molecule has 0 saturated carbocycles. The first-order valence-electron chi connectivity index (χ1n) is 5.88. The highest BCUT2D eigenvalue weighted by molar-refractivity contribution is 8.14. The van der Waals surface area contributed by atoms with E-state index in [2.05, 4.69) is 20.3 Å². The van der Waals surface area contributed by atoms with Crippen molar-refractivity contribution in [2.24, 2.45) is 4.99 Å². The molecule has 1 N–H and O–H groups in total. The smallest absolute Gasteiger partial charge is 0.286 e. The van der Waals surface area contributed by atoms with E-state index >= 15 is 0 Å². The van der Waals surface area contributed by atoms with E-state index in [0.29, 0.717) is 16.2 Å². The number of fused-ring (bicyclic) bond motifs is 3. The zero-order chi connectivity index (χ0) is 12.8. The summed E-state index contributed by atoms with van der Waals surface area (Å²) in [4.78, 5) is 16.6. The number of benzene rings is 1. The number of aliphatic imine (C=N–C) groups is 1. The third-order valence-corrected chi connectivity index (χ3v) is 4.01. The lowest BCUT2D eigenvalue weighted by molar-refractivity contribution is 0.926. The summed E-state index contributed by atoms with van der Waals surface area (Å²) in [6, 6.07) is 7.62. The molecule has 8 heteroatoms. The van der Waals surface area contributed by atoms with Crippen molar-refractivity contribution in [1.29, 1.82) is 0 Å². The topological polar surface area (TPSA) is 75.9 Å². The van der Waals surface area contributed by atoms with E-state index in [1.54, 1.807) is 11.8 Å². The Morgan fingerprint density at radius 2 is 2.10 bits per heavy atom.